The maximum absolute atomic E-state index is 12.9. The number of carbonyl (C=O) groups is 2. The van der Waals surface area contributed by atoms with E-state index in [0.29, 0.717) is 31.2 Å². The molecule has 1 atom stereocenters. The molecule has 0 saturated carbocycles. The first-order valence-corrected chi connectivity index (χ1v) is 13.0. The normalized spacial score (nSPS) is 21.3. The quantitative estimate of drug-likeness (QED) is 0.711. The number of amides is 3. The monoisotopic (exact) mass is 456 g/mol. The number of urea groups is 1. The minimum absolute atomic E-state index is 0.0237. The molecular formula is C20H32N4O4S2. The third-order valence-electron chi connectivity index (χ3n) is 5.48. The molecule has 3 amide bonds. The Bertz CT molecular complexity index is 845. The van der Waals surface area contributed by atoms with Gasteiger partial charge >= 0.3 is 6.03 Å². The predicted octanol–water partition coefficient (Wildman–Crippen LogP) is 3.08. The zero-order valence-electron chi connectivity index (χ0n) is 17.7. The van der Waals surface area contributed by atoms with Crippen LogP contribution in [0.5, 0.6) is 0 Å². The SMILES string of the molecule is CC(C)NC(=O)[C@@H]1CCCN(C(=O)Nc2ccc(S(=O)(=O)N3CCCCCC3)s2)C1. The van der Waals surface area contributed by atoms with Gasteiger partial charge < -0.3 is 10.2 Å². The number of thiophene rings is 1. The van der Waals surface area contributed by atoms with Gasteiger partial charge in [-0.3, -0.25) is 10.1 Å². The summed E-state index contributed by atoms with van der Waals surface area (Å²) in [4.78, 5) is 26.6. The Hall–Kier alpha value is -1.65. The van der Waals surface area contributed by atoms with E-state index in [0.717, 1.165) is 49.9 Å². The maximum Gasteiger partial charge on any atom is 0.322 e. The van der Waals surface area contributed by atoms with E-state index < -0.39 is 10.0 Å². The summed E-state index contributed by atoms with van der Waals surface area (Å²) in [6.07, 6.45) is 5.42. The molecule has 30 heavy (non-hydrogen) atoms. The second-order valence-electron chi connectivity index (χ2n) is 8.32. The third-order valence-corrected chi connectivity index (χ3v) is 8.85. The van der Waals surface area contributed by atoms with Gasteiger partial charge in [-0.2, -0.15) is 4.31 Å². The van der Waals surface area contributed by atoms with E-state index in [1.807, 2.05) is 13.8 Å². The van der Waals surface area contributed by atoms with Crippen LogP contribution in [0.4, 0.5) is 9.80 Å². The number of nitrogens with zero attached hydrogens (tertiary/aromatic N) is 2. The minimum Gasteiger partial charge on any atom is -0.354 e. The molecule has 10 heteroatoms. The van der Waals surface area contributed by atoms with Crippen LogP contribution >= 0.6 is 11.3 Å². The van der Waals surface area contributed by atoms with Crippen molar-refractivity contribution in [3.8, 4) is 0 Å². The fourth-order valence-electron chi connectivity index (χ4n) is 3.90. The Kier molecular flexibility index (Phi) is 7.75. The van der Waals surface area contributed by atoms with E-state index in [-0.39, 0.29) is 28.1 Å². The lowest BCUT2D eigenvalue weighted by Crippen LogP contribution is -2.47. The molecule has 2 N–H and O–H groups in total. The van der Waals surface area contributed by atoms with Crippen LogP contribution < -0.4 is 10.6 Å². The molecule has 2 fully saturated rings. The highest BCUT2D eigenvalue weighted by atomic mass is 32.2. The number of rotatable bonds is 5. The lowest BCUT2D eigenvalue weighted by molar-refractivity contribution is -0.126. The van der Waals surface area contributed by atoms with Gasteiger partial charge in [0.05, 0.1) is 10.9 Å². The molecule has 1 aromatic rings. The Balaban J connectivity index is 1.61. The van der Waals surface area contributed by atoms with E-state index in [1.54, 1.807) is 21.3 Å². The number of likely N-dealkylation sites (tertiary alicyclic amines) is 1. The van der Waals surface area contributed by atoms with Gasteiger partial charge in [-0.15, -0.1) is 11.3 Å². The second-order valence-corrected chi connectivity index (χ2v) is 11.6. The Morgan fingerprint density at radius 3 is 2.43 bits per heavy atom. The fourth-order valence-corrected chi connectivity index (χ4v) is 6.77. The first-order chi connectivity index (χ1) is 14.3. The van der Waals surface area contributed by atoms with E-state index >= 15 is 0 Å². The molecule has 2 saturated heterocycles. The lowest BCUT2D eigenvalue weighted by Gasteiger charge is -2.32. The summed E-state index contributed by atoms with van der Waals surface area (Å²) < 4.78 is 27.6. The fraction of sp³-hybridized carbons (Fsp3) is 0.700. The predicted molar refractivity (Wildman–Crippen MR) is 118 cm³/mol. The van der Waals surface area contributed by atoms with Crippen molar-refractivity contribution < 1.29 is 18.0 Å². The van der Waals surface area contributed by atoms with E-state index in [1.165, 1.54) is 0 Å². The molecule has 0 aromatic carbocycles. The van der Waals surface area contributed by atoms with Crippen LogP contribution in [0.15, 0.2) is 16.3 Å². The standard InChI is InChI=1S/C20H32N4O4S2/c1-15(2)21-19(25)16-8-7-11-23(14-16)20(26)22-17-9-10-18(29-17)30(27,28)24-12-5-3-4-6-13-24/h9-10,15-16H,3-8,11-14H2,1-2H3,(H,21,25)(H,22,26)/t16-/m1/s1. The van der Waals surface area contributed by atoms with Crippen molar-refractivity contribution >= 4 is 38.3 Å². The molecule has 0 spiro atoms. The van der Waals surface area contributed by atoms with Crippen molar-refractivity contribution in [2.75, 3.05) is 31.5 Å². The highest BCUT2D eigenvalue weighted by molar-refractivity contribution is 7.91. The van der Waals surface area contributed by atoms with Gasteiger partial charge in [-0.05, 0) is 51.7 Å². The average molecular weight is 457 g/mol. The minimum atomic E-state index is -3.52. The molecule has 168 valence electrons. The second kappa shape index (κ2) is 10.1. The molecule has 0 radical (unpaired) electrons. The van der Waals surface area contributed by atoms with Crippen molar-refractivity contribution in [1.82, 2.24) is 14.5 Å². The Morgan fingerprint density at radius 1 is 1.07 bits per heavy atom. The molecule has 2 aliphatic heterocycles. The number of sulfonamides is 1. The zero-order chi connectivity index (χ0) is 21.7. The molecule has 2 aliphatic rings. The first kappa shape index (κ1) is 23.0. The van der Waals surface area contributed by atoms with Crippen LogP contribution in [0, 0.1) is 5.92 Å². The van der Waals surface area contributed by atoms with Crippen LogP contribution in [0.3, 0.4) is 0 Å². The Labute approximate surface area is 183 Å². The van der Waals surface area contributed by atoms with Gasteiger partial charge in [0, 0.05) is 32.2 Å². The summed E-state index contributed by atoms with van der Waals surface area (Å²) in [6, 6.07) is 2.98. The summed E-state index contributed by atoms with van der Waals surface area (Å²) in [5.74, 6) is -0.237. The largest absolute Gasteiger partial charge is 0.354 e. The summed E-state index contributed by atoms with van der Waals surface area (Å²) >= 11 is 1.08. The molecule has 0 unspecified atom stereocenters. The van der Waals surface area contributed by atoms with Gasteiger partial charge in [0.1, 0.15) is 4.21 Å². The van der Waals surface area contributed by atoms with Crippen LogP contribution in [0.25, 0.3) is 0 Å². The van der Waals surface area contributed by atoms with Crippen LogP contribution in [0.1, 0.15) is 52.4 Å². The van der Waals surface area contributed by atoms with Gasteiger partial charge in [-0.1, -0.05) is 12.8 Å². The summed E-state index contributed by atoms with van der Waals surface area (Å²) in [5, 5.41) is 6.22. The summed E-state index contributed by atoms with van der Waals surface area (Å²) in [5.41, 5.74) is 0. The van der Waals surface area contributed by atoms with Gasteiger partial charge in [0.2, 0.25) is 5.91 Å². The van der Waals surface area contributed by atoms with Gasteiger partial charge in [-0.25, -0.2) is 13.2 Å². The van der Waals surface area contributed by atoms with Crippen molar-refractivity contribution in [1.29, 1.82) is 0 Å². The van der Waals surface area contributed by atoms with Crippen molar-refractivity contribution in [2.24, 2.45) is 5.92 Å². The lowest BCUT2D eigenvalue weighted by atomic mass is 9.97. The van der Waals surface area contributed by atoms with E-state index in [2.05, 4.69) is 10.6 Å². The van der Waals surface area contributed by atoms with Crippen molar-refractivity contribution in [3.05, 3.63) is 12.1 Å². The third kappa shape index (κ3) is 5.73. The van der Waals surface area contributed by atoms with Crippen LogP contribution in [-0.2, 0) is 14.8 Å². The highest BCUT2D eigenvalue weighted by Gasteiger charge is 2.30. The van der Waals surface area contributed by atoms with Gasteiger partial charge in [0.25, 0.3) is 10.0 Å². The molecule has 3 rings (SSSR count). The Morgan fingerprint density at radius 2 is 1.77 bits per heavy atom. The van der Waals surface area contributed by atoms with Crippen LogP contribution in [-0.4, -0.2) is 61.8 Å². The topological polar surface area (TPSA) is 98.8 Å². The zero-order valence-corrected chi connectivity index (χ0v) is 19.4. The van der Waals surface area contributed by atoms with Crippen molar-refractivity contribution in [3.63, 3.8) is 0 Å². The number of piperidine rings is 1. The molecule has 8 nitrogen and oxygen atoms in total. The number of hydrogen-bond donors (Lipinski definition) is 2. The number of hydrogen-bond acceptors (Lipinski definition) is 5. The summed E-state index contributed by atoms with van der Waals surface area (Å²) in [6.45, 7) is 5.89. The molecule has 0 aliphatic carbocycles. The summed E-state index contributed by atoms with van der Waals surface area (Å²) in [7, 11) is -3.52. The van der Waals surface area contributed by atoms with Gasteiger partial charge in [0.15, 0.2) is 0 Å². The first-order valence-electron chi connectivity index (χ1n) is 10.7. The van der Waals surface area contributed by atoms with Crippen LogP contribution in [0.2, 0.25) is 0 Å². The molecular weight excluding hydrogens is 424 g/mol. The maximum atomic E-state index is 12.9. The molecule has 3 heterocycles. The highest BCUT2D eigenvalue weighted by Crippen LogP contribution is 2.30. The smallest absolute Gasteiger partial charge is 0.322 e. The molecule has 1 aromatic heterocycles. The number of carbonyl (C=O) groups excluding carboxylic acids is 2. The van der Waals surface area contributed by atoms with E-state index in [4.69, 9.17) is 0 Å². The van der Waals surface area contributed by atoms with E-state index in [9.17, 15) is 18.0 Å². The van der Waals surface area contributed by atoms with Crippen molar-refractivity contribution in [2.45, 2.75) is 62.6 Å². The average Bonchev–Trinajstić information content (AvgIpc) is 3.00. The number of anilines is 1. The number of nitrogens with one attached hydrogen (secondary N) is 2. The molecule has 0 bridgehead atoms.